The maximum atomic E-state index is 4.49. The molecule has 24 heavy (non-hydrogen) atoms. The van der Waals surface area contributed by atoms with E-state index >= 15 is 0 Å². The normalized spacial score (nSPS) is 15.8. The number of aromatic nitrogens is 1. The van der Waals surface area contributed by atoms with Gasteiger partial charge in [0.15, 0.2) is 0 Å². The first-order chi connectivity index (χ1) is 11.7. The summed E-state index contributed by atoms with van der Waals surface area (Å²) in [7, 11) is 4.27. The number of pyridine rings is 1. The maximum absolute atomic E-state index is 4.49. The van der Waals surface area contributed by atoms with Crippen LogP contribution in [-0.4, -0.2) is 48.5 Å². The predicted octanol–water partition coefficient (Wildman–Crippen LogP) is 3.67. The van der Waals surface area contributed by atoms with Crippen molar-refractivity contribution < 1.29 is 0 Å². The van der Waals surface area contributed by atoms with Crippen molar-refractivity contribution in [3.05, 3.63) is 71.7 Å². The predicted molar refractivity (Wildman–Crippen MR) is 99.4 cm³/mol. The van der Waals surface area contributed by atoms with Crippen LogP contribution in [0, 0.1) is 0 Å². The fourth-order valence-corrected chi connectivity index (χ4v) is 3.38. The molecule has 3 heteroatoms. The molecule has 122 valence electrons. The Kier molecular flexibility index (Phi) is 3.95. The number of allylic oxidation sites excluding steroid dienone is 2. The van der Waals surface area contributed by atoms with Crippen molar-refractivity contribution in [2.45, 2.75) is 6.42 Å². The number of fused-ring (bicyclic) bond motifs is 1. The van der Waals surface area contributed by atoms with E-state index in [0.29, 0.717) is 0 Å². The third kappa shape index (κ3) is 3.00. The van der Waals surface area contributed by atoms with Gasteiger partial charge >= 0.3 is 0 Å². The fourth-order valence-electron chi connectivity index (χ4n) is 3.38. The van der Waals surface area contributed by atoms with Gasteiger partial charge in [0.05, 0.1) is 0 Å². The Balaban J connectivity index is 1.49. The molecule has 1 aromatic heterocycles. The highest BCUT2D eigenvalue weighted by Gasteiger charge is 2.34. The van der Waals surface area contributed by atoms with Crippen LogP contribution in [0.1, 0.15) is 12.0 Å². The van der Waals surface area contributed by atoms with Gasteiger partial charge in [-0.2, -0.15) is 0 Å². The molecule has 1 aromatic carbocycles. The van der Waals surface area contributed by atoms with Crippen molar-refractivity contribution in [3.8, 4) is 11.1 Å². The summed E-state index contributed by atoms with van der Waals surface area (Å²) in [6, 6.07) is 12.8. The van der Waals surface area contributed by atoms with Crippen LogP contribution in [0.15, 0.2) is 66.1 Å². The lowest BCUT2D eigenvalue weighted by atomic mass is 10.0. The van der Waals surface area contributed by atoms with Crippen LogP contribution < -0.4 is 0 Å². The number of hydrogen-bond acceptors (Lipinski definition) is 3. The van der Waals surface area contributed by atoms with Crippen molar-refractivity contribution >= 4 is 5.57 Å². The average Bonchev–Trinajstić information content (AvgIpc) is 3.32. The minimum absolute atomic E-state index is 1.02. The topological polar surface area (TPSA) is 19.4 Å². The number of hydrogen-bond donors (Lipinski definition) is 0. The summed E-state index contributed by atoms with van der Waals surface area (Å²) < 4.78 is 0. The molecule has 2 heterocycles. The molecule has 0 fully saturated rings. The van der Waals surface area contributed by atoms with E-state index in [1.165, 1.54) is 40.0 Å². The zero-order valence-electron chi connectivity index (χ0n) is 14.4. The largest absolute Gasteiger partial charge is 0.367 e. The second kappa shape index (κ2) is 6.25. The van der Waals surface area contributed by atoms with E-state index in [9.17, 15) is 0 Å². The van der Waals surface area contributed by atoms with Crippen LogP contribution in [0.5, 0.6) is 0 Å². The van der Waals surface area contributed by atoms with E-state index < -0.39 is 0 Å². The molecule has 0 saturated heterocycles. The lowest BCUT2D eigenvalue weighted by Crippen LogP contribution is -2.23. The molecule has 0 radical (unpaired) electrons. The maximum Gasteiger partial charge on any atom is 0.0454 e. The summed E-state index contributed by atoms with van der Waals surface area (Å²) in [5.74, 6) is 0. The van der Waals surface area contributed by atoms with Gasteiger partial charge in [-0.15, -0.1) is 0 Å². The highest BCUT2D eigenvalue weighted by atomic mass is 15.2. The van der Waals surface area contributed by atoms with E-state index in [4.69, 9.17) is 0 Å². The van der Waals surface area contributed by atoms with Crippen molar-refractivity contribution in [1.29, 1.82) is 0 Å². The second-order valence-corrected chi connectivity index (χ2v) is 6.83. The zero-order valence-corrected chi connectivity index (χ0v) is 14.4. The van der Waals surface area contributed by atoms with Crippen molar-refractivity contribution in [2.75, 3.05) is 33.7 Å². The SMILES string of the molecule is CN(C)CCCN1CC(c2cncc(-c3ccccc3)c2)=C2C=C21. The standard InChI is InChI=1S/C21H23N3/c1-23(2)9-6-10-24-15-20(19-12-21(19)24)18-11-17(13-22-14-18)16-7-4-3-5-8-16/h3-5,7-8,11-14H,6,9-10,15H2,1-2H3. The molecule has 0 bridgehead atoms. The van der Waals surface area contributed by atoms with Gasteiger partial charge in [0.1, 0.15) is 0 Å². The molecule has 0 N–H and O–H groups in total. The van der Waals surface area contributed by atoms with Crippen LogP contribution in [0.4, 0.5) is 0 Å². The molecule has 4 rings (SSSR count). The average molecular weight is 317 g/mol. The molecule has 0 saturated carbocycles. The number of benzene rings is 1. The molecular weight excluding hydrogens is 294 g/mol. The summed E-state index contributed by atoms with van der Waals surface area (Å²) in [6.45, 7) is 3.29. The molecule has 2 aromatic rings. The van der Waals surface area contributed by atoms with Crippen LogP contribution in [0.2, 0.25) is 0 Å². The molecular formula is C21H23N3. The summed E-state index contributed by atoms with van der Waals surface area (Å²) in [5.41, 5.74) is 7.98. The summed E-state index contributed by atoms with van der Waals surface area (Å²) in [4.78, 5) is 9.24. The third-order valence-corrected chi connectivity index (χ3v) is 4.72. The number of rotatable bonds is 6. The molecule has 0 spiro atoms. The summed E-state index contributed by atoms with van der Waals surface area (Å²) in [6.07, 6.45) is 7.47. The van der Waals surface area contributed by atoms with Gasteiger partial charge in [-0.3, -0.25) is 4.98 Å². The first-order valence-electron chi connectivity index (χ1n) is 8.58. The van der Waals surface area contributed by atoms with Gasteiger partial charge in [-0.25, -0.2) is 0 Å². The molecule has 2 aliphatic rings. The lowest BCUT2D eigenvalue weighted by molar-refractivity contribution is 0.344. The monoisotopic (exact) mass is 317 g/mol. The van der Waals surface area contributed by atoms with Crippen LogP contribution >= 0.6 is 0 Å². The highest BCUT2D eigenvalue weighted by molar-refractivity contribution is 5.87. The quantitative estimate of drug-likeness (QED) is 0.810. The second-order valence-electron chi connectivity index (χ2n) is 6.83. The first-order valence-corrected chi connectivity index (χ1v) is 8.58. The third-order valence-electron chi connectivity index (χ3n) is 4.72. The van der Waals surface area contributed by atoms with Gasteiger partial charge in [-0.05, 0) is 55.9 Å². The smallest absolute Gasteiger partial charge is 0.0454 e. The Morgan fingerprint density at radius 2 is 1.83 bits per heavy atom. The van der Waals surface area contributed by atoms with Crippen molar-refractivity contribution in [3.63, 3.8) is 0 Å². The molecule has 0 unspecified atom stereocenters. The summed E-state index contributed by atoms with van der Waals surface area (Å²) >= 11 is 0. The van der Waals surface area contributed by atoms with Gasteiger partial charge in [0.25, 0.3) is 0 Å². The Hall–Kier alpha value is -2.39. The lowest BCUT2D eigenvalue weighted by Gasteiger charge is -2.20. The van der Waals surface area contributed by atoms with E-state index in [-0.39, 0.29) is 0 Å². The molecule has 3 nitrogen and oxygen atoms in total. The van der Waals surface area contributed by atoms with Gasteiger partial charge in [0.2, 0.25) is 0 Å². The Morgan fingerprint density at radius 3 is 2.62 bits per heavy atom. The highest BCUT2D eigenvalue weighted by Crippen LogP contribution is 2.45. The van der Waals surface area contributed by atoms with Gasteiger partial charge in [0, 0.05) is 42.3 Å². The molecule has 0 amide bonds. The summed E-state index contributed by atoms with van der Waals surface area (Å²) in [5, 5.41) is 0. The zero-order chi connectivity index (χ0) is 16.5. The number of nitrogens with zero attached hydrogens (tertiary/aromatic N) is 3. The van der Waals surface area contributed by atoms with Crippen molar-refractivity contribution in [2.24, 2.45) is 0 Å². The van der Waals surface area contributed by atoms with Crippen LogP contribution in [0.25, 0.3) is 16.7 Å². The molecule has 1 aliphatic heterocycles. The minimum atomic E-state index is 1.02. The van der Waals surface area contributed by atoms with E-state index in [1.54, 1.807) is 0 Å². The van der Waals surface area contributed by atoms with Gasteiger partial charge < -0.3 is 9.80 Å². The van der Waals surface area contributed by atoms with Crippen LogP contribution in [0.3, 0.4) is 0 Å². The fraction of sp³-hybridized carbons (Fsp3) is 0.286. The van der Waals surface area contributed by atoms with Gasteiger partial charge in [-0.1, -0.05) is 30.3 Å². The molecule has 1 aliphatic carbocycles. The Morgan fingerprint density at radius 1 is 1.04 bits per heavy atom. The van der Waals surface area contributed by atoms with Crippen molar-refractivity contribution in [1.82, 2.24) is 14.8 Å². The first kappa shape index (κ1) is 15.2. The van der Waals surface area contributed by atoms with Crippen LogP contribution in [-0.2, 0) is 0 Å². The van der Waals surface area contributed by atoms with E-state index in [2.05, 4.69) is 65.3 Å². The molecule has 0 atom stereocenters. The Labute approximate surface area is 143 Å². The Bertz CT molecular complexity index is 803. The van der Waals surface area contributed by atoms with E-state index in [0.717, 1.165) is 19.6 Å². The minimum Gasteiger partial charge on any atom is -0.367 e. The van der Waals surface area contributed by atoms with E-state index in [1.807, 2.05) is 18.5 Å².